The minimum absolute atomic E-state index is 0.0508. The van der Waals surface area contributed by atoms with Gasteiger partial charge in [0.2, 0.25) is 5.89 Å². The van der Waals surface area contributed by atoms with E-state index in [0.29, 0.717) is 16.3 Å². The van der Waals surface area contributed by atoms with Crippen molar-refractivity contribution in [1.82, 2.24) is 10.2 Å². The van der Waals surface area contributed by atoms with Crippen LogP contribution in [0.4, 0.5) is 5.69 Å². The molecule has 0 radical (unpaired) electrons. The van der Waals surface area contributed by atoms with E-state index in [1.54, 1.807) is 54.6 Å². The second kappa shape index (κ2) is 9.43. The smallest absolute Gasteiger partial charge is 0.338 e. The van der Waals surface area contributed by atoms with E-state index in [1.165, 1.54) is 35.6 Å². The number of benzene rings is 3. The Kier molecular flexibility index (Phi) is 6.43. The second-order valence-electron chi connectivity index (χ2n) is 6.92. The van der Waals surface area contributed by atoms with E-state index in [9.17, 15) is 13.2 Å². The fourth-order valence-corrected chi connectivity index (χ4v) is 4.25. The third kappa shape index (κ3) is 5.05. The zero-order valence-corrected chi connectivity index (χ0v) is 19.0. The molecule has 0 aliphatic carbocycles. The lowest BCUT2D eigenvalue weighted by Crippen LogP contribution is -2.26. The Balaban J connectivity index is 1.40. The van der Waals surface area contributed by atoms with Crippen molar-refractivity contribution in [3.8, 4) is 11.5 Å². The summed E-state index contributed by atoms with van der Waals surface area (Å²) < 4.78 is 37.6. The normalized spacial score (nSPS) is 11.2. The summed E-state index contributed by atoms with van der Waals surface area (Å²) in [6.07, 6.45) is 0. The molecular formula is C23H18ClN3O5S. The molecule has 0 spiro atoms. The summed E-state index contributed by atoms with van der Waals surface area (Å²) >= 11 is 5.87. The van der Waals surface area contributed by atoms with Crippen LogP contribution < -0.4 is 4.31 Å². The molecule has 1 heterocycles. The number of carbonyl (C=O) groups is 1. The molecule has 0 N–H and O–H groups in total. The van der Waals surface area contributed by atoms with E-state index >= 15 is 0 Å². The van der Waals surface area contributed by atoms with Crippen molar-refractivity contribution in [1.29, 1.82) is 0 Å². The molecule has 8 nitrogen and oxygen atoms in total. The van der Waals surface area contributed by atoms with Gasteiger partial charge in [0.15, 0.2) is 6.61 Å². The fraction of sp³-hybridized carbons (Fsp3) is 0.0870. The number of anilines is 1. The zero-order chi connectivity index (χ0) is 23.4. The van der Waals surface area contributed by atoms with Crippen LogP contribution >= 0.6 is 11.6 Å². The molecule has 0 atom stereocenters. The lowest BCUT2D eigenvalue weighted by Gasteiger charge is -2.19. The Hall–Kier alpha value is -3.69. The van der Waals surface area contributed by atoms with Gasteiger partial charge in [-0.05, 0) is 60.7 Å². The Morgan fingerprint density at radius 2 is 1.64 bits per heavy atom. The van der Waals surface area contributed by atoms with E-state index in [2.05, 4.69) is 10.2 Å². The maximum Gasteiger partial charge on any atom is 0.338 e. The lowest BCUT2D eigenvalue weighted by atomic mass is 10.2. The fourth-order valence-electron chi connectivity index (χ4n) is 2.93. The third-order valence-electron chi connectivity index (χ3n) is 4.75. The molecule has 0 amide bonds. The topological polar surface area (TPSA) is 103 Å². The van der Waals surface area contributed by atoms with Crippen LogP contribution in [0.3, 0.4) is 0 Å². The van der Waals surface area contributed by atoms with Crippen LogP contribution in [0.2, 0.25) is 5.02 Å². The maximum atomic E-state index is 12.8. The summed E-state index contributed by atoms with van der Waals surface area (Å²) in [5, 5.41) is 8.37. The van der Waals surface area contributed by atoms with Gasteiger partial charge in [0.25, 0.3) is 15.9 Å². The summed E-state index contributed by atoms with van der Waals surface area (Å²) in [6.45, 7) is -0.226. The van der Waals surface area contributed by atoms with Crippen molar-refractivity contribution in [3.05, 3.63) is 95.3 Å². The SMILES string of the molecule is CN(c1ccccc1)S(=O)(=O)c1ccc(C(=O)OCc2nnc(-c3ccc(Cl)cc3)o2)cc1. The number of para-hydroxylation sites is 1. The van der Waals surface area contributed by atoms with Crippen LogP contribution in [0.5, 0.6) is 0 Å². The number of esters is 1. The number of rotatable bonds is 7. The van der Waals surface area contributed by atoms with Crippen molar-refractivity contribution >= 4 is 33.3 Å². The molecule has 0 unspecified atom stereocenters. The maximum absolute atomic E-state index is 12.8. The minimum atomic E-state index is -3.78. The summed E-state index contributed by atoms with van der Waals surface area (Å²) in [7, 11) is -2.31. The average molecular weight is 484 g/mol. The molecule has 168 valence electrons. The van der Waals surface area contributed by atoms with Gasteiger partial charge in [-0.1, -0.05) is 29.8 Å². The number of hydrogen-bond donors (Lipinski definition) is 0. The first kappa shape index (κ1) is 22.5. The van der Waals surface area contributed by atoms with Gasteiger partial charge < -0.3 is 9.15 Å². The predicted molar refractivity (Wildman–Crippen MR) is 122 cm³/mol. The minimum Gasteiger partial charge on any atom is -0.452 e. The second-order valence-corrected chi connectivity index (χ2v) is 9.32. The van der Waals surface area contributed by atoms with Crippen molar-refractivity contribution < 1.29 is 22.4 Å². The molecule has 3 aromatic carbocycles. The van der Waals surface area contributed by atoms with Gasteiger partial charge in [-0.25, -0.2) is 13.2 Å². The number of carbonyl (C=O) groups excluding carboxylic acids is 1. The van der Waals surface area contributed by atoms with Crippen LogP contribution in [0.25, 0.3) is 11.5 Å². The molecule has 0 fully saturated rings. The Labute approximate surface area is 195 Å². The van der Waals surface area contributed by atoms with Gasteiger partial charge in [0.1, 0.15) is 0 Å². The van der Waals surface area contributed by atoms with E-state index in [1.807, 2.05) is 0 Å². The quantitative estimate of drug-likeness (QED) is 0.354. The van der Waals surface area contributed by atoms with Crippen LogP contribution in [0, 0.1) is 0 Å². The third-order valence-corrected chi connectivity index (χ3v) is 6.80. The number of aromatic nitrogens is 2. The van der Waals surface area contributed by atoms with Crippen LogP contribution in [-0.4, -0.2) is 31.6 Å². The average Bonchev–Trinajstić information content (AvgIpc) is 3.32. The Morgan fingerprint density at radius 1 is 0.970 bits per heavy atom. The molecule has 4 aromatic rings. The van der Waals surface area contributed by atoms with E-state index in [4.69, 9.17) is 20.8 Å². The molecule has 0 saturated carbocycles. The first-order chi connectivity index (χ1) is 15.8. The summed E-state index contributed by atoms with van der Waals surface area (Å²) in [5.41, 5.74) is 1.40. The van der Waals surface area contributed by atoms with Gasteiger partial charge in [0.05, 0.1) is 16.1 Å². The number of nitrogens with zero attached hydrogens (tertiary/aromatic N) is 3. The number of ether oxygens (including phenoxy) is 1. The number of hydrogen-bond acceptors (Lipinski definition) is 7. The molecular weight excluding hydrogens is 466 g/mol. The number of halogens is 1. The van der Waals surface area contributed by atoms with Gasteiger partial charge >= 0.3 is 5.97 Å². The monoisotopic (exact) mass is 483 g/mol. The van der Waals surface area contributed by atoms with Gasteiger partial charge in [-0.2, -0.15) is 0 Å². The summed E-state index contributed by atoms with van der Waals surface area (Å²) in [4.78, 5) is 12.4. The van der Waals surface area contributed by atoms with E-state index in [0.717, 1.165) is 0 Å². The highest BCUT2D eigenvalue weighted by Gasteiger charge is 2.22. The summed E-state index contributed by atoms with van der Waals surface area (Å²) in [6, 6.07) is 21.0. The highest BCUT2D eigenvalue weighted by atomic mass is 35.5. The highest BCUT2D eigenvalue weighted by molar-refractivity contribution is 7.92. The summed E-state index contributed by atoms with van der Waals surface area (Å²) in [5.74, 6) is -0.256. The van der Waals surface area contributed by atoms with Crippen LogP contribution in [-0.2, 0) is 21.4 Å². The van der Waals surface area contributed by atoms with E-state index < -0.39 is 16.0 Å². The van der Waals surface area contributed by atoms with Gasteiger partial charge in [-0.15, -0.1) is 10.2 Å². The van der Waals surface area contributed by atoms with Crippen molar-refractivity contribution in [2.24, 2.45) is 0 Å². The molecule has 10 heteroatoms. The van der Waals surface area contributed by atoms with Crippen LogP contribution in [0.15, 0.2) is 88.2 Å². The zero-order valence-electron chi connectivity index (χ0n) is 17.4. The van der Waals surface area contributed by atoms with Crippen LogP contribution in [0.1, 0.15) is 16.2 Å². The van der Waals surface area contributed by atoms with Crippen molar-refractivity contribution in [3.63, 3.8) is 0 Å². The first-order valence-electron chi connectivity index (χ1n) is 9.74. The molecule has 0 aliphatic heterocycles. The highest BCUT2D eigenvalue weighted by Crippen LogP contribution is 2.23. The van der Waals surface area contributed by atoms with Gasteiger partial charge in [-0.3, -0.25) is 4.31 Å². The molecule has 4 rings (SSSR count). The molecule has 33 heavy (non-hydrogen) atoms. The lowest BCUT2D eigenvalue weighted by molar-refractivity contribution is 0.0438. The molecule has 1 aromatic heterocycles. The van der Waals surface area contributed by atoms with Crippen molar-refractivity contribution in [2.75, 3.05) is 11.4 Å². The first-order valence-corrected chi connectivity index (χ1v) is 11.6. The van der Waals surface area contributed by atoms with Crippen molar-refractivity contribution in [2.45, 2.75) is 11.5 Å². The predicted octanol–water partition coefficient (Wildman–Crippen LogP) is 4.57. The molecule has 0 aliphatic rings. The van der Waals surface area contributed by atoms with E-state index in [-0.39, 0.29) is 28.8 Å². The molecule has 0 bridgehead atoms. The standard InChI is InChI=1S/C23H18ClN3O5S/c1-27(19-5-3-2-4-6-19)33(29,30)20-13-9-17(10-14-20)23(28)31-15-21-25-26-22(32-21)16-7-11-18(24)12-8-16/h2-14H,15H2,1H3. The Morgan fingerprint density at radius 3 is 2.30 bits per heavy atom. The largest absolute Gasteiger partial charge is 0.452 e. The molecule has 0 saturated heterocycles. The number of sulfonamides is 1. The Bertz CT molecular complexity index is 1360. The van der Waals surface area contributed by atoms with Gasteiger partial charge in [0, 0.05) is 17.6 Å².